The number of amides is 1. The van der Waals surface area contributed by atoms with Gasteiger partial charge in [0.05, 0.1) is 29.4 Å². The zero-order valence-electron chi connectivity index (χ0n) is 17.9. The van der Waals surface area contributed by atoms with E-state index in [0.717, 1.165) is 52.7 Å². The van der Waals surface area contributed by atoms with Gasteiger partial charge in [-0.2, -0.15) is 0 Å². The standard InChI is InChI=1S/C24H25ClN4O2/c1-14-11-24(14)21-17-9-15(5-6-19(17)26-13-20(21)28-23(24)30)16-10-18(25)22(27-12-16)31-8-4-7-29(2)3/h5-6,9-10,12-14H,4,7-8,11H2,1-3H3,(H,28,30). The molecule has 3 heterocycles. The van der Waals surface area contributed by atoms with Crippen LogP contribution in [0.3, 0.4) is 0 Å². The van der Waals surface area contributed by atoms with Crippen molar-refractivity contribution in [2.45, 2.75) is 25.2 Å². The fourth-order valence-electron chi connectivity index (χ4n) is 4.62. The third-order valence-electron chi connectivity index (χ3n) is 6.41. The van der Waals surface area contributed by atoms with Crippen LogP contribution in [0.15, 0.2) is 36.7 Å². The summed E-state index contributed by atoms with van der Waals surface area (Å²) in [5.74, 6) is 0.881. The van der Waals surface area contributed by atoms with Gasteiger partial charge < -0.3 is 15.0 Å². The zero-order valence-corrected chi connectivity index (χ0v) is 18.7. The highest BCUT2D eigenvalue weighted by Gasteiger charge is 2.63. The highest BCUT2D eigenvalue weighted by Crippen LogP contribution is 2.61. The second-order valence-corrected chi connectivity index (χ2v) is 9.23. The Bertz CT molecular complexity index is 1200. The first kappa shape index (κ1) is 20.2. The molecule has 1 aromatic carbocycles. The summed E-state index contributed by atoms with van der Waals surface area (Å²) in [6.07, 6.45) is 5.34. The lowest BCUT2D eigenvalue weighted by Crippen LogP contribution is -2.20. The van der Waals surface area contributed by atoms with Crippen LogP contribution in [0.2, 0.25) is 5.02 Å². The van der Waals surface area contributed by atoms with Crippen LogP contribution in [0, 0.1) is 5.92 Å². The lowest BCUT2D eigenvalue weighted by molar-refractivity contribution is -0.118. The number of halogens is 1. The summed E-state index contributed by atoms with van der Waals surface area (Å²) in [6, 6.07) is 7.99. The lowest BCUT2D eigenvalue weighted by atomic mass is 9.91. The number of nitrogens with one attached hydrogen (secondary N) is 1. The van der Waals surface area contributed by atoms with Crippen molar-refractivity contribution < 1.29 is 9.53 Å². The molecule has 1 N–H and O–H groups in total. The summed E-state index contributed by atoms with van der Waals surface area (Å²) in [7, 11) is 4.07. The number of anilines is 1. The minimum atomic E-state index is -0.407. The summed E-state index contributed by atoms with van der Waals surface area (Å²) in [4.78, 5) is 23.8. The Morgan fingerprint density at radius 1 is 1.23 bits per heavy atom. The van der Waals surface area contributed by atoms with Gasteiger partial charge in [0.15, 0.2) is 0 Å². The van der Waals surface area contributed by atoms with Crippen LogP contribution >= 0.6 is 11.6 Å². The Balaban J connectivity index is 1.47. The number of carbonyl (C=O) groups is 1. The second-order valence-electron chi connectivity index (χ2n) is 8.83. The van der Waals surface area contributed by atoms with Crippen molar-refractivity contribution in [3.05, 3.63) is 47.2 Å². The molecule has 160 valence electrons. The van der Waals surface area contributed by atoms with Gasteiger partial charge >= 0.3 is 0 Å². The SMILES string of the molecule is CC1CC12C(=O)Nc1cnc3ccc(-c4cnc(OCCCN(C)C)c(Cl)c4)cc3c12. The fourth-order valence-corrected chi connectivity index (χ4v) is 4.84. The highest BCUT2D eigenvalue weighted by atomic mass is 35.5. The van der Waals surface area contributed by atoms with E-state index < -0.39 is 5.41 Å². The highest BCUT2D eigenvalue weighted by molar-refractivity contribution is 6.32. The summed E-state index contributed by atoms with van der Waals surface area (Å²) in [5.41, 5.74) is 4.28. The summed E-state index contributed by atoms with van der Waals surface area (Å²) < 4.78 is 5.74. The molecular weight excluding hydrogens is 412 g/mol. The van der Waals surface area contributed by atoms with Crippen molar-refractivity contribution >= 4 is 34.1 Å². The quantitative estimate of drug-likeness (QED) is 0.576. The van der Waals surface area contributed by atoms with Gasteiger partial charge in [-0.05, 0) is 56.6 Å². The summed E-state index contributed by atoms with van der Waals surface area (Å²) >= 11 is 6.46. The van der Waals surface area contributed by atoms with Crippen molar-refractivity contribution in [3.63, 3.8) is 0 Å². The van der Waals surface area contributed by atoms with Gasteiger partial charge in [-0.3, -0.25) is 9.78 Å². The molecule has 2 aromatic heterocycles. The van der Waals surface area contributed by atoms with Gasteiger partial charge in [-0.25, -0.2) is 4.98 Å². The lowest BCUT2D eigenvalue weighted by Gasteiger charge is -2.13. The summed E-state index contributed by atoms with van der Waals surface area (Å²) in [5, 5.41) is 4.53. The maximum Gasteiger partial charge on any atom is 0.235 e. The molecule has 1 fully saturated rings. The van der Waals surface area contributed by atoms with Gasteiger partial charge in [0.1, 0.15) is 5.02 Å². The van der Waals surface area contributed by atoms with E-state index in [1.807, 2.05) is 32.3 Å². The van der Waals surface area contributed by atoms with Crippen LogP contribution in [0.25, 0.3) is 22.0 Å². The Labute approximate surface area is 186 Å². The molecule has 1 amide bonds. The maximum atomic E-state index is 12.7. The first-order valence-electron chi connectivity index (χ1n) is 10.6. The van der Waals surface area contributed by atoms with Crippen molar-refractivity contribution in [2.75, 3.05) is 32.6 Å². The second kappa shape index (κ2) is 7.46. The number of hydrogen-bond donors (Lipinski definition) is 1. The molecule has 7 heteroatoms. The monoisotopic (exact) mass is 436 g/mol. The maximum absolute atomic E-state index is 12.7. The number of hydrogen-bond acceptors (Lipinski definition) is 5. The van der Waals surface area contributed by atoms with Crippen molar-refractivity contribution in [2.24, 2.45) is 5.92 Å². The van der Waals surface area contributed by atoms with Crippen LogP contribution < -0.4 is 10.1 Å². The van der Waals surface area contributed by atoms with Crippen molar-refractivity contribution in [3.8, 4) is 17.0 Å². The number of fused-ring (bicyclic) bond motifs is 4. The number of rotatable bonds is 6. The minimum absolute atomic E-state index is 0.0928. The number of pyridine rings is 2. The van der Waals surface area contributed by atoms with Gasteiger partial charge in [0.25, 0.3) is 0 Å². The molecular formula is C24H25ClN4O2. The molecule has 1 saturated carbocycles. The molecule has 1 aliphatic heterocycles. The number of nitrogens with zero attached hydrogens (tertiary/aromatic N) is 3. The zero-order chi connectivity index (χ0) is 21.8. The molecule has 2 atom stereocenters. The first-order chi connectivity index (χ1) is 14.9. The number of ether oxygens (including phenoxy) is 1. The van der Waals surface area contributed by atoms with Gasteiger partial charge in [-0.15, -0.1) is 0 Å². The normalized spacial score (nSPS) is 21.6. The molecule has 5 rings (SSSR count). The average molecular weight is 437 g/mol. The van der Waals surface area contributed by atoms with E-state index >= 15 is 0 Å². The molecule has 0 saturated heterocycles. The fraction of sp³-hybridized carbons (Fsp3) is 0.375. The summed E-state index contributed by atoms with van der Waals surface area (Å²) in [6.45, 7) is 3.65. The molecule has 0 bridgehead atoms. The van der Waals surface area contributed by atoms with Crippen LogP contribution in [-0.2, 0) is 10.2 Å². The number of benzene rings is 1. The molecule has 2 unspecified atom stereocenters. The van der Waals surface area contributed by atoms with E-state index in [1.54, 1.807) is 12.4 Å². The Kier molecular flexibility index (Phi) is 4.87. The van der Waals surface area contributed by atoms with Gasteiger partial charge in [0.2, 0.25) is 11.8 Å². The minimum Gasteiger partial charge on any atom is -0.477 e. The van der Waals surface area contributed by atoms with Crippen LogP contribution in [0.5, 0.6) is 5.88 Å². The van der Waals surface area contributed by atoms with Crippen LogP contribution in [0.4, 0.5) is 5.69 Å². The molecule has 1 spiro atoms. The van der Waals surface area contributed by atoms with Crippen molar-refractivity contribution in [1.29, 1.82) is 0 Å². The predicted octanol–water partition coefficient (Wildman–Crippen LogP) is 4.51. The molecule has 1 aliphatic carbocycles. The Morgan fingerprint density at radius 2 is 2.03 bits per heavy atom. The number of carbonyl (C=O) groups excluding carboxylic acids is 1. The molecule has 31 heavy (non-hydrogen) atoms. The van der Waals surface area contributed by atoms with Crippen LogP contribution in [-0.4, -0.2) is 48.0 Å². The van der Waals surface area contributed by atoms with E-state index in [0.29, 0.717) is 23.4 Å². The molecule has 6 nitrogen and oxygen atoms in total. The third-order valence-corrected chi connectivity index (χ3v) is 6.68. The average Bonchev–Trinajstić information content (AvgIpc) is 3.33. The van der Waals surface area contributed by atoms with E-state index in [2.05, 4.69) is 33.2 Å². The van der Waals surface area contributed by atoms with E-state index in [-0.39, 0.29) is 5.91 Å². The molecule has 2 aliphatic rings. The van der Waals surface area contributed by atoms with E-state index in [4.69, 9.17) is 16.3 Å². The van der Waals surface area contributed by atoms with Gasteiger partial charge in [0, 0.05) is 29.3 Å². The predicted molar refractivity (Wildman–Crippen MR) is 123 cm³/mol. The first-order valence-corrected chi connectivity index (χ1v) is 11.0. The number of aromatic nitrogens is 2. The van der Waals surface area contributed by atoms with Crippen molar-refractivity contribution in [1.82, 2.24) is 14.9 Å². The molecule has 3 aromatic rings. The van der Waals surface area contributed by atoms with Gasteiger partial charge in [-0.1, -0.05) is 24.6 Å². The topological polar surface area (TPSA) is 67.3 Å². The van der Waals surface area contributed by atoms with E-state index in [9.17, 15) is 4.79 Å². The smallest absolute Gasteiger partial charge is 0.235 e. The Morgan fingerprint density at radius 3 is 2.74 bits per heavy atom. The van der Waals surface area contributed by atoms with Crippen LogP contribution in [0.1, 0.15) is 25.3 Å². The molecule has 0 radical (unpaired) electrons. The van der Waals surface area contributed by atoms with E-state index in [1.165, 1.54) is 0 Å². The Hall–Kier alpha value is -2.70. The third kappa shape index (κ3) is 3.34. The largest absolute Gasteiger partial charge is 0.477 e.